The van der Waals surface area contributed by atoms with Crippen LogP contribution in [0.1, 0.15) is 316 Å². The highest BCUT2D eigenvalue weighted by Crippen LogP contribution is 2.38. The Kier molecular flexibility index (Phi) is 53.0. The summed E-state index contributed by atoms with van der Waals surface area (Å²) < 4.78 is 23.3. The maximum absolute atomic E-state index is 12.9. The third kappa shape index (κ3) is 56.5. The number of unbranched alkanes of at least 4 members (excludes halogenated alkanes) is 41. The molecule has 0 radical (unpaired) electrons. The molecule has 3 atom stereocenters. The van der Waals surface area contributed by atoms with Crippen LogP contribution in [0.15, 0.2) is 24.3 Å². The van der Waals surface area contributed by atoms with Gasteiger partial charge in [-0.2, -0.15) is 0 Å². The van der Waals surface area contributed by atoms with E-state index < -0.39 is 20.0 Å². The molecule has 0 rings (SSSR count). The van der Waals surface area contributed by atoms with E-state index in [9.17, 15) is 19.4 Å². The van der Waals surface area contributed by atoms with Crippen LogP contribution in [0.25, 0.3) is 0 Å². The highest BCUT2D eigenvalue weighted by molar-refractivity contribution is 7.45. The predicted molar refractivity (Wildman–Crippen MR) is 307 cm³/mol. The topological polar surface area (TPSA) is 108 Å². The second kappa shape index (κ2) is 53.8. The Balaban J connectivity index is 3.69. The number of aliphatic hydroxyl groups is 1. The molecule has 0 bridgehead atoms. The molecular weight excluding hydrogens is 900 g/mol. The summed E-state index contributed by atoms with van der Waals surface area (Å²) >= 11 is 0. The lowest BCUT2D eigenvalue weighted by atomic mass is 10.0. The molecule has 2 N–H and O–H groups in total. The number of amides is 1. The molecule has 0 aliphatic carbocycles. The molecule has 1 amide bonds. The molecule has 9 heteroatoms. The molecule has 422 valence electrons. The van der Waals surface area contributed by atoms with Gasteiger partial charge in [0.25, 0.3) is 7.82 Å². The fraction of sp³-hybridized carbons (Fsp3) is 0.919. The average Bonchev–Trinajstić information content (AvgIpc) is 3.33. The Morgan fingerprint density at radius 1 is 0.493 bits per heavy atom. The first kappa shape index (κ1) is 70.0. The highest BCUT2D eigenvalue weighted by atomic mass is 31.2. The first-order valence-corrected chi connectivity index (χ1v) is 32.6. The van der Waals surface area contributed by atoms with Gasteiger partial charge in [0, 0.05) is 6.42 Å². The molecule has 0 aromatic rings. The Hall–Kier alpha value is -1.02. The molecule has 0 aromatic heterocycles. The molecular formula is C62H123N2O6P. The highest BCUT2D eigenvalue weighted by Gasteiger charge is 2.24. The molecule has 0 saturated carbocycles. The van der Waals surface area contributed by atoms with Crippen LogP contribution in [0.5, 0.6) is 0 Å². The first-order valence-electron chi connectivity index (χ1n) is 31.2. The van der Waals surface area contributed by atoms with Crippen molar-refractivity contribution < 1.29 is 32.9 Å². The molecule has 3 unspecified atom stereocenters. The molecule has 8 nitrogen and oxygen atoms in total. The number of aliphatic hydroxyl groups excluding tert-OH is 1. The van der Waals surface area contributed by atoms with E-state index in [1.807, 2.05) is 21.1 Å². The van der Waals surface area contributed by atoms with E-state index in [1.54, 1.807) is 0 Å². The van der Waals surface area contributed by atoms with Crippen molar-refractivity contribution in [1.82, 2.24) is 5.32 Å². The van der Waals surface area contributed by atoms with Gasteiger partial charge < -0.3 is 28.8 Å². The van der Waals surface area contributed by atoms with Crippen molar-refractivity contribution >= 4 is 13.7 Å². The first-order chi connectivity index (χ1) is 34.5. The van der Waals surface area contributed by atoms with E-state index in [0.29, 0.717) is 23.9 Å². The van der Waals surface area contributed by atoms with Gasteiger partial charge >= 0.3 is 0 Å². The van der Waals surface area contributed by atoms with Crippen molar-refractivity contribution in [2.75, 3.05) is 40.9 Å². The van der Waals surface area contributed by atoms with Crippen LogP contribution in [0.4, 0.5) is 0 Å². The third-order valence-corrected chi connectivity index (χ3v) is 15.4. The van der Waals surface area contributed by atoms with Gasteiger partial charge in [0.1, 0.15) is 13.2 Å². The quantitative estimate of drug-likeness (QED) is 0.0272. The van der Waals surface area contributed by atoms with Crippen molar-refractivity contribution in [2.45, 2.75) is 328 Å². The number of nitrogens with one attached hydrogen (secondary N) is 1. The van der Waals surface area contributed by atoms with Gasteiger partial charge in [-0.05, 0) is 44.9 Å². The fourth-order valence-corrected chi connectivity index (χ4v) is 10.3. The predicted octanol–water partition coefficient (Wildman–Crippen LogP) is 18.5. The molecule has 0 aliphatic heterocycles. The molecule has 0 heterocycles. The standard InChI is InChI=1S/C62H123N2O6P/c1-6-8-10-12-14-16-17-18-19-20-21-22-23-24-25-26-27-28-29-30-31-32-33-34-35-36-37-38-39-40-41-42-43-44-45-46-47-48-50-52-54-56-62(66)63-60(59-70-71(67,68)69-58-57-64(3,4)5)61(65)55-53-51-49-15-13-11-9-7-2/h17-18,20-21,60-61,65H,6-16,19,22-59H2,1-5H3,(H-,63,66,67,68)/b18-17-,21-20-. The minimum Gasteiger partial charge on any atom is -0.756 e. The number of allylic oxidation sites excluding steroid dienone is 4. The van der Waals surface area contributed by atoms with Gasteiger partial charge in [0.05, 0.1) is 39.9 Å². The molecule has 0 aromatic carbocycles. The maximum atomic E-state index is 12.9. The number of quaternary nitrogens is 1. The number of nitrogens with zero attached hydrogens (tertiary/aromatic N) is 1. The summed E-state index contributed by atoms with van der Waals surface area (Å²) in [5.74, 6) is -0.162. The summed E-state index contributed by atoms with van der Waals surface area (Å²) in [6, 6.07) is -0.794. The number of rotatable bonds is 58. The van der Waals surface area contributed by atoms with Crippen LogP contribution < -0.4 is 10.2 Å². The summed E-state index contributed by atoms with van der Waals surface area (Å²) in [5.41, 5.74) is 0. The van der Waals surface area contributed by atoms with Gasteiger partial charge in [0.15, 0.2) is 0 Å². The smallest absolute Gasteiger partial charge is 0.268 e. The Morgan fingerprint density at radius 3 is 1.17 bits per heavy atom. The van der Waals surface area contributed by atoms with Gasteiger partial charge in [0.2, 0.25) is 5.91 Å². The Morgan fingerprint density at radius 2 is 0.817 bits per heavy atom. The summed E-state index contributed by atoms with van der Waals surface area (Å²) in [6.07, 6.45) is 68.6. The normalized spacial score (nSPS) is 14.0. The SMILES string of the molecule is CCCCCCC/C=C\C/C=C\CCCCCCCCCCCCCCCCCCCCCCCCCCCCCCCC(=O)NC(COP(=O)([O-])OCC[N+](C)(C)C)C(O)CCCCCCCCCC. The van der Waals surface area contributed by atoms with Crippen LogP contribution >= 0.6 is 7.82 Å². The molecule has 0 aliphatic rings. The van der Waals surface area contributed by atoms with Crippen LogP contribution in [0, 0.1) is 0 Å². The second-order valence-corrected chi connectivity index (χ2v) is 24.2. The minimum atomic E-state index is -4.56. The van der Waals surface area contributed by atoms with Gasteiger partial charge in [-0.3, -0.25) is 9.36 Å². The molecule has 0 spiro atoms. The van der Waals surface area contributed by atoms with E-state index in [0.717, 1.165) is 44.9 Å². The summed E-state index contributed by atoms with van der Waals surface area (Å²) in [7, 11) is 1.32. The lowest BCUT2D eigenvalue weighted by molar-refractivity contribution is -0.870. The number of hydrogen-bond acceptors (Lipinski definition) is 6. The fourth-order valence-electron chi connectivity index (χ4n) is 9.54. The number of likely N-dealkylation sites (N-methyl/N-ethyl adjacent to an activating group) is 1. The van der Waals surface area contributed by atoms with Crippen LogP contribution in [-0.2, 0) is 18.4 Å². The molecule has 0 fully saturated rings. The van der Waals surface area contributed by atoms with Gasteiger partial charge in [-0.15, -0.1) is 0 Å². The molecule has 0 saturated heterocycles. The number of hydrogen-bond donors (Lipinski definition) is 2. The zero-order valence-electron chi connectivity index (χ0n) is 48.2. The monoisotopic (exact) mass is 1020 g/mol. The summed E-state index contributed by atoms with van der Waals surface area (Å²) in [6.45, 7) is 4.70. The van der Waals surface area contributed by atoms with Crippen molar-refractivity contribution in [3.05, 3.63) is 24.3 Å². The zero-order chi connectivity index (χ0) is 52.0. The Labute approximate surface area is 443 Å². The zero-order valence-corrected chi connectivity index (χ0v) is 49.1. The van der Waals surface area contributed by atoms with Gasteiger partial charge in [-0.25, -0.2) is 0 Å². The number of carbonyl (C=O) groups is 1. The van der Waals surface area contributed by atoms with Crippen LogP contribution in [0.2, 0.25) is 0 Å². The van der Waals surface area contributed by atoms with E-state index in [2.05, 4.69) is 43.5 Å². The number of phosphoric ester groups is 1. The number of phosphoric acid groups is 1. The van der Waals surface area contributed by atoms with Crippen molar-refractivity contribution in [1.29, 1.82) is 0 Å². The summed E-state index contributed by atoms with van der Waals surface area (Å²) in [5, 5.41) is 13.9. The van der Waals surface area contributed by atoms with Crippen molar-refractivity contribution in [3.8, 4) is 0 Å². The number of carbonyl (C=O) groups excluding carboxylic acids is 1. The third-order valence-electron chi connectivity index (χ3n) is 14.4. The summed E-state index contributed by atoms with van der Waals surface area (Å²) in [4.78, 5) is 25.4. The van der Waals surface area contributed by atoms with Crippen LogP contribution in [-0.4, -0.2) is 68.5 Å². The second-order valence-electron chi connectivity index (χ2n) is 22.8. The van der Waals surface area contributed by atoms with Crippen molar-refractivity contribution in [2.24, 2.45) is 0 Å². The van der Waals surface area contributed by atoms with E-state index in [-0.39, 0.29) is 19.1 Å². The Bertz CT molecular complexity index is 1210. The van der Waals surface area contributed by atoms with E-state index in [4.69, 9.17) is 9.05 Å². The maximum Gasteiger partial charge on any atom is 0.268 e. The van der Waals surface area contributed by atoms with E-state index in [1.165, 1.54) is 244 Å². The molecule has 71 heavy (non-hydrogen) atoms. The lowest BCUT2D eigenvalue weighted by Crippen LogP contribution is -2.46. The van der Waals surface area contributed by atoms with Crippen LogP contribution in [0.3, 0.4) is 0 Å². The van der Waals surface area contributed by atoms with Gasteiger partial charge in [-0.1, -0.05) is 289 Å². The average molecular weight is 1020 g/mol. The largest absolute Gasteiger partial charge is 0.756 e. The minimum absolute atomic E-state index is 0.0147. The van der Waals surface area contributed by atoms with Crippen molar-refractivity contribution in [3.63, 3.8) is 0 Å². The van der Waals surface area contributed by atoms with E-state index >= 15 is 0 Å². The lowest BCUT2D eigenvalue weighted by Gasteiger charge is -2.30.